The van der Waals surface area contributed by atoms with E-state index in [1.54, 1.807) is 0 Å². The fraction of sp³-hybridized carbons (Fsp3) is 0.0145. The average molecular weight is 885 g/mol. The van der Waals surface area contributed by atoms with E-state index in [1.807, 2.05) is 6.07 Å². The molecule has 1 nitrogen and oxygen atoms in total. The van der Waals surface area contributed by atoms with E-state index in [2.05, 4.69) is 237 Å². The summed E-state index contributed by atoms with van der Waals surface area (Å²) in [6.07, 6.45) is 0. The minimum atomic E-state index is -0.477. The van der Waals surface area contributed by atoms with Crippen LogP contribution in [0.15, 0.2) is 247 Å². The van der Waals surface area contributed by atoms with Gasteiger partial charge in [-0.05, 0) is 168 Å². The van der Waals surface area contributed by atoms with Crippen molar-refractivity contribution in [1.82, 2.24) is 0 Å². The first-order chi connectivity index (χ1) is 34.7. The molecule has 1 aromatic heterocycles. The lowest BCUT2D eigenvalue weighted by Crippen LogP contribution is -2.26. The van der Waals surface area contributed by atoms with Crippen LogP contribution in [-0.2, 0) is 5.41 Å². The highest BCUT2D eigenvalue weighted by atomic mass is 16.3. The number of fused-ring (bicyclic) bond motifs is 21. The zero-order valence-corrected chi connectivity index (χ0v) is 38.0. The Morgan fingerprint density at radius 1 is 0.243 bits per heavy atom. The van der Waals surface area contributed by atoms with Gasteiger partial charge in [0.1, 0.15) is 11.2 Å². The molecule has 16 rings (SSSR count). The Morgan fingerprint density at radius 2 is 0.714 bits per heavy atom. The van der Waals surface area contributed by atoms with Crippen LogP contribution in [0.25, 0.3) is 131 Å². The van der Waals surface area contributed by atoms with E-state index in [0.29, 0.717) is 0 Å². The molecule has 1 heterocycles. The van der Waals surface area contributed by atoms with Gasteiger partial charge in [0.25, 0.3) is 0 Å². The zero-order valence-electron chi connectivity index (χ0n) is 38.0. The standard InChI is InChI=1S/C69H40O/c1-2-16-44-40-62-59(38-43(44)15-1)67-51-21-4-3-17-47(51)57-37-45(33-35-56(57)68(67)69(62)60-26-12-9-18-48(60)49-19-10-13-27-61(49)69)41-29-31-42(32-30-41)65-52-22-5-7-24-54(52)66(55-25-8-6-23-53(55)65)46-34-36-64-58(39-46)50-20-11-14-28-63(50)70-64/h1-40H. The third kappa shape index (κ3) is 4.95. The predicted octanol–water partition coefficient (Wildman–Crippen LogP) is 18.7. The van der Waals surface area contributed by atoms with E-state index < -0.39 is 5.41 Å². The van der Waals surface area contributed by atoms with Crippen molar-refractivity contribution in [3.8, 4) is 55.6 Å². The quantitative estimate of drug-likeness (QED) is 0.127. The van der Waals surface area contributed by atoms with Crippen molar-refractivity contribution in [2.75, 3.05) is 0 Å². The van der Waals surface area contributed by atoms with Crippen LogP contribution in [0.3, 0.4) is 0 Å². The summed E-state index contributed by atoms with van der Waals surface area (Å²) in [6, 6.07) is 90.7. The largest absolute Gasteiger partial charge is 0.456 e. The van der Waals surface area contributed by atoms with E-state index in [9.17, 15) is 0 Å². The lowest BCUT2D eigenvalue weighted by atomic mass is 9.69. The Kier molecular flexibility index (Phi) is 7.60. The molecule has 2 aliphatic carbocycles. The topological polar surface area (TPSA) is 13.1 Å². The molecule has 2 aliphatic rings. The average Bonchev–Trinajstić information content (AvgIpc) is 4.06. The van der Waals surface area contributed by atoms with Crippen molar-refractivity contribution in [2.24, 2.45) is 0 Å². The first-order valence-electron chi connectivity index (χ1n) is 24.4. The van der Waals surface area contributed by atoms with E-state index in [4.69, 9.17) is 4.42 Å². The Balaban J connectivity index is 0.891. The highest BCUT2D eigenvalue weighted by Crippen LogP contribution is 2.66. The molecule has 70 heavy (non-hydrogen) atoms. The van der Waals surface area contributed by atoms with Gasteiger partial charge in [-0.25, -0.2) is 0 Å². The van der Waals surface area contributed by atoms with Crippen molar-refractivity contribution in [1.29, 1.82) is 0 Å². The molecule has 0 saturated carbocycles. The number of hydrogen-bond acceptors (Lipinski definition) is 1. The van der Waals surface area contributed by atoms with Gasteiger partial charge in [0.2, 0.25) is 0 Å². The van der Waals surface area contributed by atoms with Crippen LogP contribution in [0.2, 0.25) is 0 Å². The molecule has 0 amide bonds. The number of para-hydroxylation sites is 1. The second-order valence-electron chi connectivity index (χ2n) is 19.4. The summed E-state index contributed by atoms with van der Waals surface area (Å²) in [4.78, 5) is 0. The monoisotopic (exact) mass is 884 g/mol. The second-order valence-corrected chi connectivity index (χ2v) is 19.4. The minimum absolute atomic E-state index is 0.477. The summed E-state index contributed by atoms with van der Waals surface area (Å²) >= 11 is 0. The highest BCUT2D eigenvalue weighted by molar-refractivity contribution is 6.23. The lowest BCUT2D eigenvalue weighted by molar-refractivity contribution is 0.669. The van der Waals surface area contributed by atoms with Crippen LogP contribution in [0.5, 0.6) is 0 Å². The molecule has 14 aromatic rings. The molecular weight excluding hydrogens is 845 g/mol. The van der Waals surface area contributed by atoms with E-state index in [-0.39, 0.29) is 0 Å². The Labute approximate surface area is 404 Å². The van der Waals surface area contributed by atoms with Gasteiger partial charge in [-0.2, -0.15) is 0 Å². The molecule has 0 aliphatic heterocycles. The SMILES string of the molecule is c1ccc2c(c1)-c1ccccc1C21c2cc3ccccc3cc2-c2c1c1ccc(-c3ccc(-c4c5ccccc5c(-c5ccc6oc7ccccc7c6c5)c5ccccc45)cc3)cc1c1ccccc21. The molecule has 13 aromatic carbocycles. The Hall–Kier alpha value is -9.04. The fourth-order valence-electron chi connectivity index (χ4n) is 13.2. The number of furan rings is 1. The van der Waals surface area contributed by atoms with Crippen molar-refractivity contribution < 1.29 is 4.42 Å². The molecule has 0 N–H and O–H groups in total. The van der Waals surface area contributed by atoms with Gasteiger partial charge in [-0.3, -0.25) is 0 Å². The normalized spacial score (nSPS) is 13.3. The van der Waals surface area contributed by atoms with Gasteiger partial charge >= 0.3 is 0 Å². The van der Waals surface area contributed by atoms with Gasteiger partial charge in [-0.1, -0.05) is 206 Å². The van der Waals surface area contributed by atoms with Crippen molar-refractivity contribution in [3.63, 3.8) is 0 Å². The fourth-order valence-corrected chi connectivity index (χ4v) is 13.2. The van der Waals surface area contributed by atoms with Crippen molar-refractivity contribution >= 4 is 75.8 Å². The second kappa shape index (κ2) is 14.0. The third-order valence-electron chi connectivity index (χ3n) is 16.0. The summed E-state index contributed by atoms with van der Waals surface area (Å²) < 4.78 is 6.26. The van der Waals surface area contributed by atoms with Crippen LogP contribution in [0.4, 0.5) is 0 Å². The van der Waals surface area contributed by atoms with Gasteiger partial charge in [-0.15, -0.1) is 0 Å². The molecule has 1 heteroatoms. The van der Waals surface area contributed by atoms with E-state index in [1.165, 1.54) is 132 Å². The maximum absolute atomic E-state index is 6.26. The third-order valence-corrected chi connectivity index (χ3v) is 16.0. The molecular formula is C69H40O. The number of benzene rings is 13. The molecule has 322 valence electrons. The summed E-state index contributed by atoms with van der Waals surface area (Å²) in [6.45, 7) is 0. The summed E-state index contributed by atoms with van der Waals surface area (Å²) in [5, 5.41) is 14.9. The number of hydrogen-bond donors (Lipinski definition) is 0. The smallest absolute Gasteiger partial charge is 0.135 e. The summed E-state index contributed by atoms with van der Waals surface area (Å²) in [7, 11) is 0. The molecule has 0 bridgehead atoms. The molecule has 0 atom stereocenters. The lowest BCUT2D eigenvalue weighted by Gasteiger charge is -2.32. The van der Waals surface area contributed by atoms with Crippen LogP contribution in [0, 0.1) is 0 Å². The maximum atomic E-state index is 6.26. The van der Waals surface area contributed by atoms with Crippen molar-refractivity contribution in [3.05, 3.63) is 265 Å². The first kappa shape index (κ1) is 38.0. The Morgan fingerprint density at radius 3 is 1.39 bits per heavy atom. The van der Waals surface area contributed by atoms with Crippen LogP contribution >= 0.6 is 0 Å². The van der Waals surface area contributed by atoms with Crippen LogP contribution in [0.1, 0.15) is 22.3 Å². The van der Waals surface area contributed by atoms with Gasteiger partial charge in [0, 0.05) is 10.8 Å². The number of rotatable bonds is 3. The van der Waals surface area contributed by atoms with Gasteiger partial charge < -0.3 is 4.42 Å². The van der Waals surface area contributed by atoms with Crippen molar-refractivity contribution in [2.45, 2.75) is 5.41 Å². The first-order valence-corrected chi connectivity index (χ1v) is 24.4. The maximum Gasteiger partial charge on any atom is 0.135 e. The Bertz CT molecular complexity index is 4480. The molecule has 0 unspecified atom stereocenters. The molecule has 1 spiro atoms. The van der Waals surface area contributed by atoms with Crippen LogP contribution < -0.4 is 0 Å². The highest BCUT2D eigenvalue weighted by Gasteiger charge is 2.53. The summed E-state index contributed by atoms with van der Waals surface area (Å²) in [5.41, 5.74) is 19.5. The molecule has 0 radical (unpaired) electrons. The minimum Gasteiger partial charge on any atom is -0.456 e. The predicted molar refractivity (Wildman–Crippen MR) is 294 cm³/mol. The van der Waals surface area contributed by atoms with E-state index in [0.717, 1.165) is 21.9 Å². The van der Waals surface area contributed by atoms with Crippen LogP contribution in [-0.4, -0.2) is 0 Å². The molecule has 0 fully saturated rings. The zero-order chi connectivity index (χ0) is 45.7. The van der Waals surface area contributed by atoms with Gasteiger partial charge in [0.05, 0.1) is 5.41 Å². The van der Waals surface area contributed by atoms with Gasteiger partial charge in [0.15, 0.2) is 0 Å². The van der Waals surface area contributed by atoms with E-state index >= 15 is 0 Å². The molecule has 0 saturated heterocycles. The summed E-state index contributed by atoms with van der Waals surface area (Å²) in [5.74, 6) is 0.